The minimum Gasteiger partial charge on any atom is -0.453 e. The summed E-state index contributed by atoms with van der Waals surface area (Å²) in [4.78, 5) is 10.7. The summed E-state index contributed by atoms with van der Waals surface area (Å²) in [6.07, 6.45) is 3.06. The smallest absolute Gasteiger partial charge is 0.407 e. The number of halogens is 1. The molecule has 0 aromatic rings. The molecule has 0 aliphatic heterocycles. The number of rotatable bonds is 1. The minimum absolute atomic E-state index is 0.305. The van der Waals surface area contributed by atoms with Gasteiger partial charge in [0.1, 0.15) is 0 Å². The molecule has 0 aromatic heterocycles. The fraction of sp³-hybridized carbons (Fsp3) is 0.857. The van der Waals surface area contributed by atoms with E-state index in [-0.39, 0.29) is 6.09 Å². The molecule has 2 atom stereocenters. The number of ether oxygens (including phenoxy) is 1. The molecule has 1 rings (SSSR count). The maximum atomic E-state index is 10.7. The third-order valence-electron chi connectivity index (χ3n) is 1.88. The summed E-state index contributed by atoms with van der Waals surface area (Å²) in [6.45, 7) is 0. The van der Waals surface area contributed by atoms with E-state index in [1.54, 1.807) is 0 Å². The van der Waals surface area contributed by atoms with Gasteiger partial charge in [0.2, 0.25) is 0 Å². The van der Waals surface area contributed by atoms with Gasteiger partial charge in [0.05, 0.1) is 7.11 Å². The number of hydrogen-bond donors (Lipinski definition) is 1. The standard InChI is InChI=1S/C7H12INO2/c1-11-7(10)9-6-3-2-5(8)4-6/h5-6H,2-4H2,1H3,(H,9,10)/t5-,6+/m1/s1. The second-order valence-electron chi connectivity index (χ2n) is 2.74. The van der Waals surface area contributed by atoms with Crippen LogP contribution in [0.4, 0.5) is 4.79 Å². The zero-order chi connectivity index (χ0) is 8.27. The van der Waals surface area contributed by atoms with Gasteiger partial charge in [-0.2, -0.15) is 0 Å². The highest BCUT2D eigenvalue weighted by molar-refractivity contribution is 14.1. The van der Waals surface area contributed by atoms with Crippen LogP contribution in [0.15, 0.2) is 0 Å². The first-order valence-corrected chi connectivity index (χ1v) is 4.95. The number of hydrogen-bond acceptors (Lipinski definition) is 2. The Morgan fingerprint density at radius 3 is 2.82 bits per heavy atom. The highest BCUT2D eigenvalue weighted by Crippen LogP contribution is 2.25. The molecule has 1 saturated carbocycles. The highest BCUT2D eigenvalue weighted by atomic mass is 127. The molecule has 3 nitrogen and oxygen atoms in total. The van der Waals surface area contributed by atoms with E-state index in [2.05, 4.69) is 32.6 Å². The van der Waals surface area contributed by atoms with E-state index in [0.29, 0.717) is 6.04 Å². The van der Waals surface area contributed by atoms with E-state index in [1.165, 1.54) is 13.5 Å². The Kier molecular flexibility index (Phi) is 3.42. The van der Waals surface area contributed by atoms with Crippen LogP contribution in [0.2, 0.25) is 0 Å². The lowest BCUT2D eigenvalue weighted by Gasteiger charge is -2.09. The van der Waals surface area contributed by atoms with Crippen molar-refractivity contribution in [1.82, 2.24) is 5.32 Å². The number of carbonyl (C=O) groups is 1. The molecular formula is C7H12INO2. The second kappa shape index (κ2) is 4.13. The fourth-order valence-corrected chi connectivity index (χ4v) is 2.26. The summed E-state index contributed by atoms with van der Waals surface area (Å²) >= 11 is 2.41. The average molecular weight is 269 g/mol. The highest BCUT2D eigenvalue weighted by Gasteiger charge is 2.23. The number of alkyl carbamates (subject to hydrolysis) is 1. The van der Waals surface area contributed by atoms with Crippen LogP contribution in [0.5, 0.6) is 0 Å². The lowest BCUT2D eigenvalue weighted by atomic mass is 10.3. The van der Waals surface area contributed by atoms with Crippen molar-refractivity contribution in [2.75, 3.05) is 7.11 Å². The summed E-state index contributed by atoms with van der Waals surface area (Å²) in [7, 11) is 1.39. The molecule has 0 heterocycles. The van der Waals surface area contributed by atoms with Crippen LogP contribution in [0, 0.1) is 0 Å². The first-order chi connectivity index (χ1) is 5.22. The Morgan fingerprint density at radius 2 is 2.36 bits per heavy atom. The Morgan fingerprint density at radius 1 is 1.64 bits per heavy atom. The molecule has 0 saturated heterocycles. The van der Waals surface area contributed by atoms with Gasteiger partial charge in [-0.3, -0.25) is 0 Å². The van der Waals surface area contributed by atoms with Gasteiger partial charge >= 0.3 is 6.09 Å². The van der Waals surface area contributed by atoms with E-state index >= 15 is 0 Å². The molecule has 0 bridgehead atoms. The van der Waals surface area contributed by atoms with E-state index < -0.39 is 0 Å². The zero-order valence-corrected chi connectivity index (χ0v) is 8.63. The Bertz CT molecular complexity index is 151. The van der Waals surface area contributed by atoms with Crippen molar-refractivity contribution in [3.05, 3.63) is 0 Å². The summed E-state index contributed by atoms with van der Waals surface area (Å²) in [5.74, 6) is 0. The van der Waals surface area contributed by atoms with Crippen LogP contribution in [0.25, 0.3) is 0 Å². The SMILES string of the molecule is COC(=O)N[C@H]1CC[C@@H](I)C1. The van der Waals surface area contributed by atoms with Crippen molar-refractivity contribution in [3.63, 3.8) is 0 Å². The first kappa shape index (κ1) is 9.09. The molecule has 1 aliphatic rings. The van der Waals surface area contributed by atoms with E-state index in [4.69, 9.17) is 0 Å². The minimum atomic E-state index is -0.305. The molecule has 1 N–H and O–H groups in total. The normalized spacial score (nSPS) is 30.0. The first-order valence-electron chi connectivity index (χ1n) is 3.71. The van der Waals surface area contributed by atoms with Crippen molar-refractivity contribution >= 4 is 28.7 Å². The Labute approximate surface area is 80.0 Å². The summed E-state index contributed by atoms with van der Waals surface area (Å²) < 4.78 is 5.21. The molecule has 1 fully saturated rings. The van der Waals surface area contributed by atoms with Gasteiger partial charge in [-0.1, -0.05) is 22.6 Å². The molecule has 4 heteroatoms. The molecule has 0 aromatic carbocycles. The van der Waals surface area contributed by atoms with Gasteiger partial charge in [-0.25, -0.2) is 4.79 Å². The lowest BCUT2D eigenvalue weighted by molar-refractivity contribution is 0.167. The molecular weight excluding hydrogens is 257 g/mol. The summed E-state index contributed by atoms with van der Waals surface area (Å²) in [5.41, 5.74) is 0. The Balaban J connectivity index is 2.23. The van der Waals surface area contributed by atoms with E-state index in [9.17, 15) is 4.79 Å². The summed E-state index contributed by atoms with van der Waals surface area (Å²) in [6, 6.07) is 0.337. The van der Waals surface area contributed by atoms with E-state index in [1.807, 2.05) is 0 Å². The average Bonchev–Trinajstić information content (AvgIpc) is 2.35. The van der Waals surface area contributed by atoms with Gasteiger partial charge in [-0.15, -0.1) is 0 Å². The lowest BCUT2D eigenvalue weighted by Crippen LogP contribution is -2.32. The van der Waals surface area contributed by atoms with Crippen molar-refractivity contribution in [2.24, 2.45) is 0 Å². The van der Waals surface area contributed by atoms with Crippen LogP contribution in [-0.2, 0) is 4.74 Å². The van der Waals surface area contributed by atoms with Gasteiger partial charge in [0.25, 0.3) is 0 Å². The molecule has 11 heavy (non-hydrogen) atoms. The topological polar surface area (TPSA) is 38.3 Å². The van der Waals surface area contributed by atoms with Crippen LogP contribution >= 0.6 is 22.6 Å². The molecule has 1 amide bonds. The second-order valence-corrected chi connectivity index (χ2v) is 4.50. The third kappa shape index (κ3) is 2.84. The number of methoxy groups -OCH3 is 1. The van der Waals surface area contributed by atoms with Crippen molar-refractivity contribution in [3.8, 4) is 0 Å². The van der Waals surface area contributed by atoms with Gasteiger partial charge in [-0.05, 0) is 19.3 Å². The number of carbonyl (C=O) groups excluding carboxylic acids is 1. The molecule has 0 spiro atoms. The number of amides is 1. The van der Waals surface area contributed by atoms with Gasteiger partial charge in [0.15, 0.2) is 0 Å². The molecule has 0 unspecified atom stereocenters. The van der Waals surface area contributed by atoms with Crippen LogP contribution < -0.4 is 5.32 Å². The number of alkyl halides is 1. The quantitative estimate of drug-likeness (QED) is 0.581. The molecule has 1 aliphatic carbocycles. The maximum Gasteiger partial charge on any atom is 0.407 e. The largest absolute Gasteiger partial charge is 0.453 e. The number of nitrogens with one attached hydrogen (secondary N) is 1. The molecule has 64 valence electrons. The van der Waals surface area contributed by atoms with Gasteiger partial charge in [0, 0.05) is 9.97 Å². The monoisotopic (exact) mass is 269 g/mol. The van der Waals surface area contributed by atoms with Crippen molar-refractivity contribution < 1.29 is 9.53 Å². The zero-order valence-electron chi connectivity index (χ0n) is 6.47. The predicted molar refractivity (Wildman–Crippen MR) is 51.0 cm³/mol. The van der Waals surface area contributed by atoms with Crippen LogP contribution in [0.1, 0.15) is 19.3 Å². The van der Waals surface area contributed by atoms with Crippen molar-refractivity contribution in [1.29, 1.82) is 0 Å². The van der Waals surface area contributed by atoms with Crippen LogP contribution in [0.3, 0.4) is 0 Å². The third-order valence-corrected chi connectivity index (χ3v) is 3.01. The van der Waals surface area contributed by atoms with E-state index in [0.717, 1.165) is 16.8 Å². The molecule has 0 radical (unpaired) electrons. The van der Waals surface area contributed by atoms with Gasteiger partial charge < -0.3 is 10.1 Å². The predicted octanol–water partition coefficient (Wildman–Crippen LogP) is 1.70. The van der Waals surface area contributed by atoms with Crippen molar-refractivity contribution in [2.45, 2.75) is 29.2 Å². The van der Waals surface area contributed by atoms with Crippen LogP contribution in [-0.4, -0.2) is 23.2 Å². The summed E-state index contributed by atoms with van der Waals surface area (Å²) in [5, 5.41) is 2.79. The maximum absolute atomic E-state index is 10.7. The fourth-order valence-electron chi connectivity index (χ4n) is 1.28. The Hall–Kier alpha value is 0.